The SMILES string of the molecule is CCCCc1nc(CN[C@@H](Cc2cccs2)C(=O)O)c(Cc2ccccc2Cl)[nH]1. The van der Waals surface area contributed by atoms with Crippen LogP contribution < -0.4 is 5.32 Å². The maximum absolute atomic E-state index is 11.7. The van der Waals surface area contributed by atoms with Crippen molar-refractivity contribution in [3.8, 4) is 0 Å². The highest BCUT2D eigenvalue weighted by molar-refractivity contribution is 7.09. The topological polar surface area (TPSA) is 78.0 Å². The third kappa shape index (κ3) is 6.16. The number of benzene rings is 1. The molecule has 3 N–H and O–H groups in total. The van der Waals surface area contributed by atoms with Gasteiger partial charge in [0.25, 0.3) is 0 Å². The third-order valence-corrected chi connectivity index (χ3v) is 6.07. The largest absolute Gasteiger partial charge is 0.480 e. The van der Waals surface area contributed by atoms with Gasteiger partial charge in [-0.2, -0.15) is 0 Å². The molecule has 0 unspecified atom stereocenters. The summed E-state index contributed by atoms with van der Waals surface area (Å²) in [5.41, 5.74) is 2.86. The zero-order valence-electron chi connectivity index (χ0n) is 16.5. The van der Waals surface area contributed by atoms with Gasteiger partial charge < -0.3 is 10.1 Å². The zero-order valence-corrected chi connectivity index (χ0v) is 18.0. The van der Waals surface area contributed by atoms with Gasteiger partial charge in [0, 0.05) is 41.4 Å². The highest BCUT2D eigenvalue weighted by Gasteiger charge is 2.20. The van der Waals surface area contributed by atoms with Crippen molar-refractivity contribution in [3.63, 3.8) is 0 Å². The predicted octanol–water partition coefficient (Wildman–Crippen LogP) is 4.84. The third-order valence-electron chi connectivity index (χ3n) is 4.81. The van der Waals surface area contributed by atoms with E-state index in [2.05, 4.69) is 17.2 Å². The lowest BCUT2D eigenvalue weighted by Gasteiger charge is -2.13. The van der Waals surface area contributed by atoms with E-state index in [1.165, 1.54) is 0 Å². The molecule has 2 heterocycles. The summed E-state index contributed by atoms with van der Waals surface area (Å²) in [6.07, 6.45) is 4.13. The van der Waals surface area contributed by atoms with Crippen LogP contribution in [0.5, 0.6) is 0 Å². The number of unbranched alkanes of at least 4 members (excludes halogenated alkanes) is 1. The first kappa shape index (κ1) is 21.6. The molecule has 1 atom stereocenters. The minimum absolute atomic E-state index is 0.394. The smallest absolute Gasteiger partial charge is 0.321 e. The summed E-state index contributed by atoms with van der Waals surface area (Å²) < 4.78 is 0. The highest BCUT2D eigenvalue weighted by atomic mass is 35.5. The maximum atomic E-state index is 11.7. The molecule has 3 aromatic rings. The van der Waals surface area contributed by atoms with E-state index in [1.54, 1.807) is 11.3 Å². The normalized spacial score (nSPS) is 12.2. The summed E-state index contributed by atoms with van der Waals surface area (Å²) in [7, 11) is 0. The fourth-order valence-corrected chi connectivity index (χ4v) is 4.14. The van der Waals surface area contributed by atoms with Gasteiger partial charge in [0.1, 0.15) is 11.9 Å². The molecule has 0 radical (unpaired) electrons. The Kier molecular flexibility index (Phi) is 7.86. The van der Waals surface area contributed by atoms with Crippen molar-refractivity contribution in [1.82, 2.24) is 15.3 Å². The number of carboxylic acids is 1. The lowest BCUT2D eigenvalue weighted by Crippen LogP contribution is -2.38. The number of imidazole rings is 1. The number of aliphatic carboxylic acids is 1. The number of nitrogens with one attached hydrogen (secondary N) is 2. The van der Waals surface area contributed by atoms with Crippen LogP contribution in [0.1, 0.15) is 47.4 Å². The number of nitrogens with zero attached hydrogens (tertiary/aromatic N) is 1. The minimum atomic E-state index is -0.854. The fourth-order valence-electron chi connectivity index (χ4n) is 3.19. The van der Waals surface area contributed by atoms with Gasteiger partial charge in [0.15, 0.2) is 0 Å². The van der Waals surface area contributed by atoms with Crippen LogP contribution in [0, 0.1) is 0 Å². The molecule has 0 aliphatic rings. The van der Waals surface area contributed by atoms with E-state index in [1.807, 2.05) is 41.8 Å². The molecule has 0 bridgehead atoms. The molecule has 0 amide bonds. The second kappa shape index (κ2) is 10.6. The number of rotatable bonds is 11. The van der Waals surface area contributed by atoms with Gasteiger partial charge >= 0.3 is 5.97 Å². The van der Waals surface area contributed by atoms with Crippen LogP contribution in [0.2, 0.25) is 5.02 Å². The van der Waals surface area contributed by atoms with Gasteiger partial charge in [-0.05, 0) is 29.5 Å². The van der Waals surface area contributed by atoms with E-state index >= 15 is 0 Å². The quantitative estimate of drug-likeness (QED) is 0.405. The molecule has 0 saturated carbocycles. The number of aromatic amines is 1. The molecule has 0 spiro atoms. The van der Waals surface area contributed by atoms with Crippen molar-refractivity contribution in [2.75, 3.05) is 0 Å². The number of hydrogen-bond acceptors (Lipinski definition) is 4. The summed E-state index contributed by atoms with van der Waals surface area (Å²) in [5.74, 6) is 0.0867. The van der Waals surface area contributed by atoms with Crippen molar-refractivity contribution in [2.45, 2.75) is 51.6 Å². The molecule has 0 fully saturated rings. The Morgan fingerprint density at radius 3 is 2.83 bits per heavy atom. The molecule has 3 rings (SSSR count). The molecular weight excluding hydrogens is 406 g/mol. The van der Waals surface area contributed by atoms with Crippen LogP contribution in [-0.4, -0.2) is 27.1 Å². The Bertz CT molecular complexity index is 924. The summed E-state index contributed by atoms with van der Waals surface area (Å²) in [4.78, 5) is 20.9. The van der Waals surface area contributed by atoms with E-state index in [0.29, 0.717) is 19.4 Å². The summed E-state index contributed by atoms with van der Waals surface area (Å²) in [6.45, 7) is 2.54. The van der Waals surface area contributed by atoms with Gasteiger partial charge in [-0.25, -0.2) is 4.98 Å². The van der Waals surface area contributed by atoms with Crippen molar-refractivity contribution < 1.29 is 9.90 Å². The molecule has 0 aliphatic carbocycles. The summed E-state index contributed by atoms with van der Waals surface area (Å²) in [6, 6.07) is 11.0. The second-order valence-corrected chi connectivity index (χ2v) is 8.48. The first-order valence-corrected chi connectivity index (χ1v) is 11.1. The summed E-state index contributed by atoms with van der Waals surface area (Å²) in [5, 5.41) is 15.5. The fraction of sp³-hybridized carbons (Fsp3) is 0.364. The second-order valence-electron chi connectivity index (χ2n) is 7.04. The lowest BCUT2D eigenvalue weighted by atomic mass is 10.1. The Balaban J connectivity index is 1.75. The predicted molar refractivity (Wildman–Crippen MR) is 118 cm³/mol. The van der Waals surface area contributed by atoms with Gasteiger partial charge in [0.05, 0.1) is 5.69 Å². The Hall–Kier alpha value is -2.15. The van der Waals surface area contributed by atoms with Crippen LogP contribution in [-0.2, 0) is 30.6 Å². The number of hydrogen-bond donors (Lipinski definition) is 3. The summed E-state index contributed by atoms with van der Waals surface area (Å²) >= 11 is 7.91. The van der Waals surface area contributed by atoms with Crippen LogP contribution in [0.4, 0.5) is 0 Å². The minimum Gasteiger partial charge on any atom is -0.480 e. The number of H-pyrrole nitrogens is 1. The average molecular weight is 432 g/mol. The standard InChI is InChI=1S/C22H26ClN3O2S/c1-2-3-10-21-25-18(12-15-7-4-5-9-17(15)23)20(26-21)14-24-19(22(27)28)13-16-8-6-11-29-16/h4-9,11,19,24H,2-3,10,12-14H2,1H3,(H,25,26)(H,27,28)/t19-/m0/s1. The molecule has 0 saturated heterocycles. The van der Waals surface area contributed by atoms with Gasteiger partial charge in [-0.1, -0.05) is 49.2 Å². The number of aromatic nitrogens is 2. The van der Waals surface area contributed by atoms with Crippen LogP contribution >= 0.6 is 22.9 Å². The van der Waals surface area contributed by atoms with E-state index in [-0.39, 0.29) is 0 Å². The van der Waals surface area contributed by atoms with Crippen LogP contribution in [0.25, 0.3) is 0 Å². The van der Waals surface area contributed by atoms with E-state index < -0.39 is 12.0 Å². The zero-order chi connectivity index (χ0) is 20.6. The van der Waals surface area contributed by atoms with Crippen molar-refractivity contribution >= 4 is 28.9 Å². The lowest BCUT2D eigenvalue weighted by molar-refractivity contribution is -0.139. The van der Waals surface area contributed by atoms with E-state index in [0.717, 1.165) is 51.9 Å². The van der Waals surface area contributed by atoms with E-state index in [4.69, 9.17) is 16.6 Å². The maximum Gasteiger partial charge on any atom is 0.321 e. The van der Waals surface area contributed by atoms with E-state index in [9.17, 15) is 9.90 Å². The van der Waals surface area contributed by atoms with Gasteiger partial charge in [-0.15, -0.1) is 11.3 Å². The molecule has 154 valence electrons. The Morgan fingerprint density at radius 2 is 2.14 bits per heavy atom. The highest BCUT2D eigenvalue weighted by Crippen LogP contribution is 2.21. The average Bonchev–Trinajstić information content (AvgIpc) is 3.35. The number of aryl methyl sites for hydroxylation is 1. The Labute approximate surface area is 180 Å². The number of carbonyl (C=O) groups is 1. The molecular formula is C22H26ClN3O2S. The molecule has 29 heavy (non-hydrogen) atoms. The first-order chi connectivity index (χ1) is 14.1. The van der Waals surface area contributed by atoms with Crippen LogP contribution in [0.3, 0.4) is 0 Å². The van der Waals surface area contributed by atoms with Crippen molar-refractivity contribution in [3.05, 3.63) is 74.5 Å². The number of halogens is 1. The first-order valence-electron chi connectivity index (χ1n) is 9.85. The van der Waals surface area contributed by atoms with Gasteiger partial charge in [0.2, 0.25) is 0 Å². The number of thiophene rings is 1. The monoisotopic (exact) mass is 431 g/mol. The molecule has 2 aromatic heterocycles. The van der Waals surface area contributed by atoms with Crippen molar-refractivity contribution in [2.24, 2.45) is 0 Å². The van der Waals surface area contributed by atoms with Gasteiger partial charge in [-0.3, -0.25) is 10.1 Å². The molecule has 1 aromatic carbocycles. The Morgan fingerprint density at radius 1 is 1.31 bits per heavy atom. The molecule has 5 nitrogen and oxygen atoms in total. The van der Waals surface area contributed by atoms with Crippen molar-refractivity contribution in [1.29, 1.82) is 0 Å². The number of carboxylic acid groups (broad SMARTS) is 1. The van der Waals surface area contributed by atoms with Crippen LogP contribution in [0.15, 0.2) is 41.8 Å². The molecule has 0 aliphatic heterocycles. The molecule has 7 heteroatoms.